The van der Waals surface area contributed by atoms with E-state index in [1.807, 2.05) is 25.1 Å². The molecule has 0 aliphatic carbocycles. The Hall–Kier alpha value is -1.63. The Bertz CT molecular complexity index is 723. The Kier molecular flexibility index (Phi) is 5.52. The van der Waals surface area contributed by atoms with Crippen LogP contribution in [0.15, 0.2) is 22.6 Å². The van der Waals surface area contributed by atoms with Gasteiger partial charge in [-0.05, 0) is 25.1 Å². The van der Waals surface area contributed by atoms with Gasteiger partial charge in [-0.2, -0.15) is 0 Å². The van der Waals surface area contributed by atoms with E-state index < -0.39 is 0 Å². The van der Waals surface area contributed by atoms with Crippen LogP contribution in [0.2, 0.25) is 0 Å². The van der Waals surface area contributed by atoms with E-state index in [0.29, 0.717) is 24.7 Å². The highest BCUT2D eigenvalue weighted by Gasteiger charge is 2.28. The van der Waals surface area contributed by atoms with Crippen LogP contribution in [0, 0.1) is 0 Å². The van der Waals surface area contributed by atoms with Crippen LogP contribution in [0.4, 0.5) is 5.69 Å². The standard InChI is InChI=1S/C17H23N3O3.ClH/c1-10-14(18-7-8-22-10)15(21)19-11-5-6-13-12(9-11)20-16(23-13)17(2,3)4;/h5-6,9-10,14,18H,7-8H2,1-4H3,(H,19,21);1H/t10-,14+;/m1./s1. The zero-order valence-corrected chi connectivity index (χ0v) is 15.2. The highest BCUT2D eigenvalue weighted by molar-refractivity contribution is 5.96. The van der Waals surface area contributed by atoms with Gasteiger partial charge in [-0.25, -0.2) is 4.98 Å². The number of benzene rings is 1. The van der Waals surface area contributed by atoms with Gasteiger partial charge in [0.05, 0.1) is 12.7 Å². The van der Waals surface area contributed by atoms with Gasteiger partial charge in [-0.3, -0.25) is 4.79 Å². The molecule has 1 aliphatic rings. The van der Waals surface area contributed by atoms with E-state index in [4.69, 9.17) is 9.15 Å². The molecule has 0 unspecified atom stereocenters. The molecule has 1 aromatic carbocycles. The largest absolute Gasteiger partial charge is 0.440 e. The van der Waals surface area contributed by atoms with Crippen molar-refractivity contribution in [3.8, 4) is 0 Å². The average molecular weight is 354 g/mol. The fraction of sp³-hybridized carbons (Fsp3) is 0.529. The molecule has 0 radical (unpaired) electrons. The van der Waals surface area contributed by atoms with Crippen LogP contribution in [0.5, 0.6) is 0 Å². The van der Waals surface area contributed by atoms with Crippen LogP contribution in [0.3, 0.4) is 0 Å². The average Bonchev–Trinajstić information content (AvgIpc) is 2.91. The minimum atomic E-state index is -0.345. The van der Waals surface area contributed by atoms with Crippen LogP contribution in [0.25, 0.3) is 11.1 Å². The second-order valence-electron chi connectivity index (χ2n) is 6.95. The van der Waals surface area contributed by atoms with Crippen LogP contribution < -0.4 is 10.6 Å². The first-order valence-electron chi connectivity index (χ1n) is 7.91. The molecular weight excluding hydrogens is 330 g/mol. The highest BCUT2D eigenvalue weighted by atomic mass is 35.5. The van der Waals surface area contributed by atoms with Gasteiger partial charge >= 0.3 is 0 Å². The Morgan fingerprint density at radius 2 is 2.12 bits per heavy atom. The van der Waals surface area contributed by atoms with Gasteiger partial charge in [0.1, 0.15) is 11.6 Å². The third kappa shape index (κ3) is 3.88. The summed E-state index contributed by atoms with van der Waals surface area (Å²) in [6.45, 7) is 9.36. The molecule has 24 heavy (non-hydrogen) atoms. The molecular formula is C17H24ClN3O3. The SMILES string of the molecule is C[C@H]1OCCN[C@@H]1C(=O)Nc1ccc2oc(C(C)(C)C)nc2c1.Cl. The first kappa shape index (κ1) is 18.7. The lowest BCUT2D eigenvalue weighted by molar-refractivity contribution is -0.123. The molecule has 2 atom stereocenters. The minimum Gasteiger partial charge on any atom is -0.440 e. The number of ether oxygens (including phenoxy) is 1. The predicted molar refractivity (Wildman–Crippen MR) is 95.8 cm³/mol. The number of nitrogens with zero attached hydrogens (tertiary/aromatic N) is 1. The van der Waals surface area contributed by atoms with Crippen LogP contribution in [0.1, 0.15) is 33.6 Å². The summed E-state index contributed by atoms with van der Waals surface area (Å²) >= 11 is 0. The second kappa shape index (κ2) is 7.09. The number of halogens is 1. The molecule has 6 nitrogen and oxygen atoms in total. The lowest BCUT2D eigenvalue weighted by atomic mass is 9.97. The zero-order chi connectivity index (χ0) is 16.6. The maximum absolute atomic E-state index is 12.4. The third-order valence-corrected chi connectivity index (χ3v) is 3.90. The summed E-state index contributed by atoms with van der Waals surface area (Å²) in [6.07, 6.45) is -0.146. The summed E-state index contributed by atoms with van der Waals surface area (Å²) in [7, 11) is 0. The van der Waals surface area contributed by atoms with Gasteiger partial charge in [0.25, 0.3) is 0 Å². The van der Waals surface area contributed by atoms with E-state index in [1.165, 1.54) is 0 Å². The van der Waals surface area contributed by atoms with E-state index in [1.54, 1.807) is 0 Å². The molecule has 132 valence electrons. The molecule has 1 amide bonds. The van der Waals surface area contributed by atoms with Crippen molar-refractivity contribution in [1.82, 2.24) is 10.3 Å². The number of aromatic nitrogens is 1. The molecule has 2 N–H and O–H groups in total. The number of carbonyl (C=O) groups is 1. The number of rotatable bonds is 2. The number of hydrogen-bond donors (Lipinski definition) is 2. The molecule has 0 spiro atoms. The number of morpholine rings is 1. The quantitative estimate of drug-likeness (QED) is 0.868. The van der Waals surface area contributed by atoms with Gasteiger partial charge < -0.3 is 19.8 Å². The molecule has 0 saturated carbocycles. The van der Waals surface area contributed by atoms with Crippen LogP contribution in [-0.2, 0) is 14.9 Å². The first-order valence-corrected chi connectivity index (χ1v) is 7.91. The van der Waals surface area contributed by atoms with Gasteiger partial charge in [0.15, 0.2) is 5.58 Å². The minimum absolute atomic E-state index is 0. The normalized spacial score (nSPS) is 21.3. The van der Waals surface area contributed by atoms with Crippen molar-refractivity contribution >= 4 is 35.1 Å². The molecule has 3 rings (SSSR count). The number of nitrogens with one attached hydrogen (secondary N) is 2. The number of anilines is 1. The van der Waals surface area contributed by atoms with E-state index in [9.17, 15) is 4.79 Å². The molecule has 1 aromatic heterocycles. The number of amides is 1. The molecule has 7 heteroatoms. The number of hydrogen-bond acceptors (Lipinski definition) is 5. The molecule has 2 heterocycles. The second-order valence-corrected chi connectivity index (χ2v) is 6.95. The van der Waals surface area contributed by atoms with Crippen molar-refractivity contribution in [2.75, 3.05) is 18.5 Å². The van der Waals surface area contributed by atoms with Crippen LogP contribution in [-0.4, -0.2) is 36.2 Å². The number of oxazole rings is 1. The molecule has 2 aromatic rings. The Balaban J connectivity index is 0.00000208. The Morgan fingerprint density at radius 1 is 1.38 bits per heavy atom. The fourth-order valence-corrected chi connectivity index (χ4v) is 2.57. The van der Waals surface area contributed by atoms with Gasteiger partial charge in [0.2, 0.25) is 11.8 Å². The summed E-state index contributed by atoms with van der Waals surface area (Å²) < 4.78 is 11.3. The van der Waals surface area contributed by atoms with Crippen molar-refractivity contribution in [2.45, 2.75) is 45.3 Å². The zero-order valence-electron chi connectivity index (χ0n) is 14.4. The fourth-order valence-electron chi connectivity index (χ4n) is 2.57. The molecule has 1 aliphatic heterocycles. The Labute approximate surface area is 147 Å². The Morgan fingerprint density at radius 3 is 2.79 bits per heavy atom. The van der Waals surface area contributed by atoms with Gasteiger partial charge in [0, 0.05) is 17.6 Å². The van der Waals surface area contributed by atoms with Gasteiger partial charge in [-0.15, -0.1) is 12.4 Å². The van der Waals surface area contributed by atoms with Crippen molar-refractivity contribution in [3.63, 3.8) is 0 Å². The maximum atomic E-state index is 12.4. The summed E-state index contributed by atoms with van der Waals surface area (Å²) in [5.74, 6) is 0.586. The summed E-state index contributed by atoms with van der Waals surface area (Å²) in [6, 6.07) is 5.15. The molecule has 0 bridgehead atoms. The molecule has 1 saturated heterocycles. The monoisotopic (exact) mass is 353 g/mol. The van der Waals surface area contributed by atoms with E-state index in [0.717, 1.165) is 11.1 Å². The number of carbonyl (C=O) groups excluding carboxylic acids is 1. The van der Waals surface area contributed by atoms with Crippen molar-refractivity contribution in [3.05, 3.63) is 24.1 Å². The van der Waals surface area contributed by atoms with E-state index >= 15 is 0 Å². The van der Waals surface area contributed by atoms with E-state index in [-0.39, 0.29) is 35.9 Å². The van der Waals surface area contributed by atoms with Crippen LogP contribution >= 0.6 is 12.4 Å². The summed E-state index contributed by atoms with van der Waals surface area (Å²) in [4.78, 5) is 16.9. The predicted octanol–water partition coefficient (Wildman–Crippen LogP) is 2.86. The van der Waals surface area contributed by atoms with Crippen molar-refractivity contribution < 1.29 is 13.9 Å². The summed E-state index contributed by atoms with van der Waals surface area (Å²) in [5, 5.41) is 6.10. The maximum Gasteiger partial charge on any atom is 0.244 e. The number of fused-ring (bicyclic) bond motifs is 1. The lowest BCUT2D eigenvalue weighted by Gasteiger charge is -2.29. The lowest BCUT2D eigenvalue weighted by Crippen LogP contribution is -2.53. The van der Waals surface area contributed by atoms with Gasteiger partial charge in [-0.1, -0.05) is 20.8 Å². The third-order valence-electron chi connectivity index (χ3n) is 3.90. The highest BCUT2D eigenvalue weighted by Crippen LogP contribution is 2.27. The summed E-state index contributed by atoms with van der Waals surface area (Å²) in [5.41, 5.74) is 2.02. The van der Waals surface area contributed by atoms with Crippen molar-refractivity contribution in [1.29, 1.82) is 0 Å². The van der Waals surface area contributed by atoms with Crippen molar-refractivity contribution in [2.24, 2.45) is 0 Å². The van der Waals surface area contributed by atoms with E-state index in [2.05, 4.69) is 36.4 Å². The smallest absolute Gasteiger partial charge is 0.244 e. The topological polar surface area (TPSA) is 76.4 Å². The molecule has 1 fully saturated rings. The first-order chi connectivity index (χ1) is 10.8.